The van der Waals surface area contributed by atoms with Gasteiger partial charge in [0.2, 0.25) is 0 Å². The van der Waals surface area contributed by atoms with Crippen molar-refractivity contribution in [2.75, 3.05) is 13.2 Å². The number of nitro groups is 1. The van der Waals surface area contributed by atoms with Gasteiger partial charge in [-0.25, -0.2) is 9.59 Å². The topological polar surface area (TPSA) is 95.7 Å². The van der Waals surface area contributed by atoms with Crippen LogP contribution in [0.15, 0.2) is 48.5 Å². The van der Waals surface area contributed by atoms with Gasteiger partial charge < -0.3 is 9.47 Å². The Morgan fingerprint density at radius 2 is 1.27 bits per heavy atom. The van der Waals surface area contributed by atoms with E-state index in [4.69, 9.17) is 9.47 Å². The predicted octanol–water partition coefficient (Wildman–Crippen LogP) is 6.29. The first-order valence-electron chi connectivity index (χ1n) is 11.7. The van der Waals surface area contributed by atoms with Gasteiger partial charge in [-0.05, 0) is 18.6 Å². The molecule has 0 aliphatic heterocycles. The number of hydrogen-bond donors (Lipinski definition) is 0. The predicted molar refractivity (Wildman–Crippen MR) is 126 cm³/mol. The van der Waals surface area contributed by atoms with Crippen LogP contribution in [0.5, 0.6) is 0 Å². The molecule has 0 aliphatic rings. The van der Waals surface area contributed by atoms with Crippen molar-refractivity contribution in [2.24, 2.45) is 0 Å². The summed E-state index contributed by atoms with van der Waals surface area (Å²) in [6, 6.07) is 12.7. The molecule has 7 heteroatoms. The lowest BCUT2D eigenvalue weighted by Gasteiger charge is -2.10. The highest BCUT2D eigenvalue weighted by atomic mass is 16.6. The van der Waals surface area contributed by atoms with Gasteiger partial charge in [0.25, 0.3) is 5.69 Å². The number of carbonyl (C=O) groups excluding carboxylic acids is 2. The van der Waals surface area contributed by atoms with Crippen molar-refractivity contribution < 1.29 is 24.0 Å². The van der Waals surface area contributed by atoms with Crippen molar-refractivity contribution in [1.29, 1.82) is 0 Å². The number of unbranched alkanes of at least 4 members (excludes halogenated alkanes) is 7. The molecule has 0 aromatic heterocycles. The molecule has 7 nitrogen and oxygen atoms in total. The van der Waals surface area contributed by atoms with Crippen LogP contribution < -0.4 is 0 Å². The number of hydrogen-bond acceptors (Lipinski definition) is 6. The molecule has 2 aromatic rings. The van der Waals surface area contributed by atoms with E-state index in [2.05, 4.69) is 6.92 Å². The first-order chi connectivity index (χ1) is 16.0. The summed E-state index contributed by atoms with van der Waals surface area (Å²) < 4.78 is 10.6. The molecule has 0 N–H and O–H groups in total. The third-order valence-corrected chi connectivity index (χ3v) is 5.39. The third-order valence-electron chi connectivity index (χ3n) is 5.39. The van der Waals surface area contributed by atoms with E-state index < -0.39 is 16.9 Å². The molecule has 0 aliphatic carbocycles. The highest BCUT2D eigenvalue weighted by Gasteiger charge is 2.19. The Hall–Kier alpha value is -3.22. The zero-order valence-corrected chi connectivity index (χ0v) is 19.3. The summed E-state index contributed by atoms with van der Waals surface area (Å²) in [7, 11) is 0. The van der Waals surface area contributed by atoms with Gasteiger partial charge in [-0.3, -0.25) is 10.1 Å². The minimum Gasteiger partial charge on any atom is -0.462 e. The molecular weight excluding hydrogens is 422 g/mol. The van der Waals surface area contributed by atoms with Gasteiger partial charge in [0, 0.05) is 18.1 Å². The fourth-order valence-electron chi connectivity index (χ4n) is 3.55. The van der Waals surface area contributed by atoms with Gasteiger partial charge in [0.05, 0.1) is 29.3 Å². The first kappa shape index (κ1) is 26.0. The van der Waals surface area contributed by atoms with Gasteiger partial charge in [0.1, 0.15) is 0 Å². The molecule has 0 heterocycles. The van der Waals surface area contributed by atoms with E-state index in [0.29, 0.717) is 12.2 Å². The van der Waals surface area contributed by atoms with Gasteiger partial charge in [-0.2, -0.15) is 0 Å². The Labute approximate surface area is 195 Å². The SMILES string of the molecule is CCCCCCCCCCOC(=O)c1ccccc1C(=O)OCCc1ccccc1[N+](=O)[O-]. The van der Waals surface area contributed by atoms with Crippen molar-refractivity contribution in [1.82, 2.24) is 0 Å². The maximum atomic E-state index is 12.5. The number of esters is 2. The molecule has 0 fully saturated rings. The lowest BCUT2D eigenvalue weighted by atomic mass is 10.1. The van der Waals surface area contributed by atoms with Crippen molar-refractivity contribution in [2.45, 2.75) is 64.7 Å². The van der Waals surface area contributed by atoms with E-state index in [1.165, 1.54) is 50.3 Å². The van der Waals surface area contributed by atoms with Gasteiger partial charge in [0.15, 0.2) is 0 Å². The lowest BCUT2D eigenvalue weighted by molar-refractivity contribution is -0.385. The highest BCUT2D eigenvalue weighted by molar-refractivity contribution is 6.03. The highest BCUT2D eigenvalue weighted by Crippen LogP contribution is 2.19. The van der Waals surface area contributed by atoms with E-state index in [1.54, 1.807) is 30.3 Å². The quantitative estimate of drug-likeness (QED) is 0.135. The summed E-state index contributed by atoms with van der Waals surface area (Å²) in [6.07, 6.45) is 9.39. The van der Waals surface area contributed by atoms with Gasteiger partial charge in [-0.1, -0.05) is 82.2 Å². The number of nitrogens with zero attached hydrogens (tertiary/aromatic N) is 1. The van der Waals surface area contributed by atoms with Crippen LogP contribution in [0.2, 0.25) is 0 Å². The molecule has 0 unspecified atom stereocenters. The molecule has 0 atom stereocenters. The van der Waals surface area contributed by atoms with E-state index >= 15 is 0 Å². The third kappa shape index (κ3) is 9.04. The monoisotopic (exact) mass is 455 g/mol. The second-order valence-corrected chi connectivity index (χ2v) is 7.93. The Morgan fingerprint density at radius 1 is 0.758 bits per heavy atom. The summed E-state index contributed by atoms with van der Waals surface area (Å²) in [5, 5.41) is 11.1. The average molecular weight is 456 g/mol. The summed E-state index contributed by atoms with van der Waals surface area (Å²) in [4.78, 5) is 35.7. The van der Waals surface area contributed by atoms with E-state index in [1.807, 2.05) is 0 Å². The Bertz CT molecular complexity index is 911. The molecule has 2 rings (SSSR count). The molecular formula is C26H33NO6. The molecule has 0 saturated heterocycles. The maximum absolute atomic E-state index is 12.5. The van der Waals surface area contributed by atoms with Crippen LogP contribution in [0.3, 0.4) is 0 Å². The van der Waals surface area contributed by atoms with Crippen LogP contribution in [-0.4, -0.2) is 30.1 Å². The van der Waals surface area contributed by atoms with Gasteiger partial charge >= 0.3 is 11.9 Å². The lowest BCUT2D eigenvalue weighted by Crippen LogP contribution is -2.15. The number of para-hydroxylation sites is 1. The molecule has 0 saturated carbocycles. The molecule has 2 aromatic carbocycles. The summed E-state index contributed by atoms with van der Waals surface area (Å²) >= 11 is 0. The van der Waals surface area contributed by atoms with E-state index in [-0.39, 0.29) is 29.8 Å². The largest absolute Gasteiger partial charge is 0.462 e. The fourth-order valence-corrected chi connectivity index (χ4v) is 3.55. The minimum atomic E-state index is -0.659. The van der Waals surface area contributed by atoms with Gasteiger partial charge in [-0.15, -0.1) is 0 Å². The van der Waals surface area contributed by atoms with Crippen LogP contribution in [0.1, 0.15) is 84.6 Å². The average Bonchev–Trinajstić information content (AvgIpc) is 2.83. The minimum absolute atomic E-state index is 0.0153. The number of ether oxygens (including phenoxy) is 2. The van der Waals surface area contributed by atoms with Crippen LogP contribution in [0, 0.1) is 10.1 Å². The summed E-state index contributed by atoms with van der Waals surface area (Å²) in [6.45, 7) is 2.48. The van der Waals surface area contributed by atoms with Crippen LogP contribution >= 0.6 is 0 Å². The molecule has 0 spiro atoms. The Balaban J connectivity index is 1.79. The van der Waals surface area contributed by atoms with Crippen molar-refractivity contribution in [3.05, 3.63) is 75.3 Å². The van der Waals surface area contributed by atoms with Crippen molar-refractivity contribution >= 4 is 17.6 Å². The maximum Gasteiger partial charge on any atom is 0.339 e. The van der Waals surface area contributed by atoms with Crippen LogP contribution in [0.25, 0.3) is 0 Å². The first-order valence-corrected chi connectivity index (χ1v) is 11.7. The fraction of sp³-hybridized carbons (Fsp3) is 0.462. The zero-order chi connectivity index (χ0) is 23.9. The number of carbonyl (C=O) groups is 2. The standard InChI is InChI=1S/C26H33NO6/c1-2-3-4-5-6-7-8-13-19-32-25(28)22-15-10-11-16-23(22)26(29)33-20-18-21-14-9-12-17-24(21)27(30)31/h9-12,14-17H,2-8,13,18-20H2,1H3. The molecule has 0 bridgehead atoms. The number of benzene rings is 2. The molecule has 0 amide bonds. The Kier molecular flexibility index (Phi) is 11.7. The Morgan fingerprint density at radius 3 is 1.88 bits per heavy atom. The number of nitro benzene ring substituents is 1. The zero-order valence-electron chi connectivity index (χ0n) is 19.3. The van der Waals surface area contributed by atoms with E-state index in [0.717, 1.165) is 19.3 Å². The van der Waals surface area contributed by atoms with Crippen molar-refractivity contribution in [3.8, 4) is 0 Å². The molecule has 178 valence electrons. The molecule has 0 radical (unpaired) electrons. The number of rotatable bonds is 15. The smallest absolute Gasteiger partial charge is 0.339 e. The van der Waals surface area contributed by atoms with Crippen molar-refractivity contribution in [3.63, 3.8) is 0 Å². The normalized spacial score (nSPS) is 10.6. The van der Waals surface area contributed by atoms with E-state index in [9.17, 15) is 19.7 Å². The summed E-state index contributed by atoms with van der Waals surface area (Å²) in [5.74, 6) is -1.21. The summed E-state index contributed by atoms with van der Waals surface area (Å²) in [5.41, 5.74) is 0.751. The van der Waals surface area contributed by atoms with Crippen LogP contribution in [-0.2, 0) is 15.9 Å². The second kappa shape index (κ2) is 14.8. The second-order valence-electron chi connectivity index (χ2n) is 7.93. The molecule has 33 heavy (non-hydrogen) atoms. The van der Waals surface area contributed by atoms with Crippen LogP contribution in [0.4, 0.5) is 5.69 Å².